The number of aliphatic imine (C=N–C) groups is 2. The van der Waals surface area contributed by atoms with Crippen LogP contribution in [0, 0.1) is 5.92 Å². The summed E-state index contributed by atoms with van der Waals surface area (Å²) in [5, 5.41) is 6.23. The molecule has 3 aliphatic carbocycles. The van der Waals surface area contributed by atoms with Crippen LogP contribution in [0.15, 0.2) is 153 Å². The van der Waals surface area contributed by atoms with E-state index in [4.69, 9.17) is 9.98 Å². The molecule has 0 amide bonds. The van der Waals surface area contributed by atoms with Crippen LogP contribution in [-0.2, 0) is 17.3 Å². The zero-order valence-electron chi connectivity index (χ0n) is 27.1. The predicted molar refractivity (Wildman–Crippen MR) is 199 cm³/mol. The van der Waals surface area contributed by atoms with Crippen molar-refractivity contribution in [1.29, 1.82) is 0 Å². The first-order chi connectivity index (χ1) is 23.5. The lowest BCUT2D eigenvalue weighted by atomic mass is 9.76. The highest BCUT2D eigenvalue weighted by Gasteiger charge is 2.54. The molecule has 2 heterocycles. The molecule has 0 radical (unpaired) electrons. The summed E-state index contributed by atoms with van der Waals surface area (Å²) < 4.78 is 0. The number of hydrogen-bond donors (Lipinski definition) is 1. The minimum atomic E-state index is -0.309. The smallest absolute Gasteiger partial charge is 0.169 e. The molecule has 5 aromatic carbocycles. The van der Waals surface area contributed by atoms with E-state index < -0.39 is 0 Å². The zero-order chi connectivity index (χ0) is 32.0. The predicted octanol–water partition coefficient (Wildman–Crippen LogP) is 9.78. The topological polar surface area (TPSA) is 36.8 Å². The average Bonchev–Trinajstić information content (AvgIpc) is 3.87. The fourth-order valence-corrected chi connectivity index (χ4v) is 9.80. The number of nitrogens with zero attached hydrogens (tertiary/aromatic N) is 2. The summed E-state index contributed by atoms with van der Waals surface area (Å²) in [6.07, 6.45) is 13.5. The molecule has 10 rings (SSSR count). The number of benzene rings is 5. The molecule has 48 heavy (non-hydrogen) atoms. The number of allylic oxidation sites excluding steroid dienone is 3. The Morgan fingerprint density at radius 2 is 1.56 bits per heavy atom. The van der Waals surface area contributed by atoms with E-state index in [-0.39, 0.29) is 17.0 Å². The number of fused-ring (bicyclic) bond motifs is 3. The monoisotopic (exact) mass is 637 g/mol. The maximum atomic E-state index is 5.29. The highest BCUT2D eigenvalue weighted by Crippen LogP contribution is 2.60. The Balaban J connectivity index is 1.00. The molecule has 0 spiro atoms. The van der Waals surface area contributed by atoms with Crippen LogP contribution >= 0.6 is 11.8 Å². The second kappa shape index (κ2) is 10.3. The van der Waals surface area contributed by atoms with Crippen molar-refractivity contribution in [2.75, 3.05) is 0 Å². The summed E-state index contributed by atoms with van der Waals surface area (Å²) in [4.78, 5) is 13.3. The maximum Gasteiger partial charge on any atom is 0.169 e. The van der Waals surface area contributed by atoms with Crippen molar-refractivity contribution in [3.63, 3.8) is 0 Å². The molecule has 0 saturated heterocycles. The van der Waals surface area contributed by atoms with Crippen LogP contribution in [0.2, 0.25) is 0 Å². The fraction of sp³-hybridized carbons (Fsp3) is 0.182. The molecule has 1 fully saturated rings. The van der Waals surface area contributed by atoms with Gasteiger partial charge in [0.1, 0.15) is 11.7 Å². The average molecular weight is 638 g/mol. The molecule has 3 atom stereocenters. The molecule has 5 aromatic rings. The largest absolute Gasteiger partial charge is 0.324 e. The Hall–Kier alpha value is -4.93. The van der Waals surface area contributed by atoms with Crippen molar-refractivity contribution < 1.29 is 0 Å². The quantitative estimate of drug-likeness (QED) is 0.213. The number of rotatable bonds is 4. The summed E-state index contributed by atoms with van der Waals surface area (Å²) in [7, 11) is 0. The van der Waals surface area contributed by atoms with Gasteiger partial charge in [-0.05, 0) is 87.2 Å². The molecule has 0 aromatic heterocycles. The van der Waals surface area contributed by atoms with Crippen molar-refractivity contribution in [3.8, 4) is 0 Å². The van der Waals surface area contributed by atoms with E-state index in [1.54, 1.807) is 0 Å². The molecule has 1 N–H and O–H groups in total. The van der Waals surface area contributed by atoms with E-state index in [0.717, 1.165) is 35.6 Å². The summed E-state index contributed by atoms with van der Waals surface area (Å²) >= 11 is 1.92. The molecule has 232 valence electrons. The molecule has 0 bridgehead atoms. The Bertz CT molecular complexity index is 2340. The molecule has 2 aliphatic heterocycles. The molecule has 5 aliphatic rings. The third-order valence-corrected chi connectivity index (χ3v) is 12.2. The minimum absolute atomic E-state index is 0.00759. The van der Waals surface area contributed by atoms with Crippen LogP contribution in [0.4, 0.5) is 0 Å². The van der Waals surface area contributed by atoms with E-state index >= 15 is 0 Å². The summed E-state index contributed by atoms with van der Waals surface area (Å²) in [6, 6.07) is 37.7. The van der Waals surface area contributed by atoms with Gasteiger partial charge in [-0.3, -0.25) is 0 Å². The fourth-order valence-electron chi connectivity index (χ4n) is 8.37. The second-order valence-electron chi connectivity index (χ2n) is 14.3. The van der Waals surface area contributed by atoms with Gasteiger partial charge in [-0.25, -0.2) is 9.98 Å². The van der Waals surface area contributed by atoms with Crippen molar-refractivity contribution in [2.24, 2.45) is 15.9 Å². The first-order valence-electron chi connectivity index (χ1n) is 17.0. The van der Waals surface area contributed by atoms with Gasteiger partial charge in [0.2, 0.25) is 0 Å². The van der Waals surface area contributed by atoms with Gasteiger partial charge in [0, 0.05) is 31.7 Å². The zero-order valence-corrected chi connectivity index (χ0v) is 27.9. The van der Waals surface area contributed by atoms with Gasteiger partial charge in [-0.1, -0.05) is 135 Å². The normalized spacial score (nSPS) is 24.0. The third kappa shape index (κ3) is 4.28. The first kappa shape index (κ1) is 28.1. The van der Waals surface area contributed by atoms with Crippen LogP contribution in [0.25, 0.3) is 16.8 Å². The SMILES string of the molecule is CC1(C)c2ccccc2Sc2cc(C34C=CC(C5N=C(c6ccccc6)NC(c6cc7c8c(cccc8c6)CC=C7)=N5)=CC3C4)ccc21. The van der Waals surface area contributed by atoms with Crippen LogP contribution < -0.4 is 5.32 Å². The maximum absolute atomic E-state index is 5.29. The van der Waals surface area contributed by atoms with E-state index in [1.165, 1.54) is 54.0 Å². The molecular formula is C44H35N3S. The van der Waals surface area contributed by atoms with Gasteiger partial charge in [0.25, 0.3) is 0 Å². The number of nitrogens with one attached hydrogen (secondary N) is 1. The van der Waals surface area contributed by atoms with Crippen LogP contribution in [-0.4, -0.2) is 17.8 Å². The lowest BCUT2D eigenvalue weighted by Crippen LogP contribution is -2.38. The van der Waals surface area contributed by atoms with Crippen molar-refractivity contribution in [1.82, 2.24) is 5.32 Å². The van der Waals surface area contributed by atoms with Gasteiger partial charge in [-0.15, -0.1) is 0 Å². The first-order valence-corrected chi connectivity index (χ1v) is 17.8. The second-order valence-corrected chi connectivity index (χ2v) is 15.4. The Morgan fingerprint density at radius 3 is 2.44 bits per heavy atom. The Labute approximate surface area is 285 Å². The molecular weight excluding hydrogens is 603 g/mol. The molecule has 3 unspecified atom stereocenters. The third-order valence-electron chi connectivity index (χ3n) is 11.1. The van der Waals surface area contributed by atoms with E-state index in [0.29, 0.717) is 5.92 Å². The summed E-state index contributed by atoms with van der Waals surface area (Å²) in [5.74, 6) is 2.18. The van der Waals surface area contributed by atoms with Gasteiger partial charge in [0.15, 0.2) is 6.17 Å². The summed E-state index contributed by atoms with van der Waals surface area (Å²) in [5.41, 5.74) is 10.3. The lowest BCUT2D eigenvalue weighted by molar-refractivity contribution is 0.605. The van der Waals surface area contributed by atoms with Crippen molar-refractivity contribution >= 4 is 40.3 Å². The molecule has 3 nitrogen and oxygen atoms in total. The standard InChI is InChI=1S/C44H35N3S/c1-43(2)35-16-6-7-17-37(35)48-38-25-33(18-19-36(38)43)44-21-20-31(24-34(44)26-44)41-45-40(28-10-4-3-5-11-28)46-42(47-41)32-22-29-14-8-12-27-13-9-15-30(23-32)39(27)29/h3-12,14-25,34,41H,13,26H2,1-2H3,(H,45,46,47). The molecule has 4 heteroatoms. The van der Waals surface area contributed by atoms with Gasteiger partial charge >= 0.3 is 0 Å². The van der Waals surface area contributed by atoms with E-state index in [2.05, 4.69) is 153 Å². The van der Waals surface area contributed by atoms with Crippen molar-refractivity contribution in [3.05, 3.63) is 172 Å². The minimum Gasteiger partial charge on any atom is -0.324 e. The van der Waals surface area contributed by atoms with Gasteiger partial charge in [0.05, 0.1) is 0 Å². The van der Waals surface area contributed by atoms with E-state index in [9.17, 15) is 0 Å². The van der Waals surface area contributed by atoms with Crippen molar-refractivity contribution in [2.45, 2.75) is 53.5 Å². The van der Waals surface area contributed by atoms with Gasteiger partial charge < -0.3 is 5.32 Å². The Kier molecular flexibility index (Phi) is 6.02. The lowest BCUT2D eigenvalue weighted by Gasteiger charge is -2.35. The van der Waals surface area contributed by atoms with E-state index in [1.807, 2.05) is 11.8 Å². The van der Waals surface area contributed by atoms with Crippen LogP contribution in [0.5, 0.6) is 0 Å². The highest BCUT2D eigenvalue weighted by atomic mass is 32.2. The number of hydrogen-bond acceptors (Lipinski definition) is 4. The highest BCUT2D eigenvalue weighted by molar-refractivity contribution is 7.99. The Morgan fingerprint density at radius 1 is 0.750 bits per heavy atom. The summed E-state index contributed by atoms with van der Waals surface area (Å²) in [6.45, 7) is 4.72. The van der Waals surface area contributed by atoms with Gasteiger partial charge in [-0.2, -0.15) is 0 Å². The van der Waals surface area contributed by atoms with Crippen LogP contribution in [0.1, 0.15) is 59.2 Å². The number of amidine groups is 2. The molecule has 1 saturated carbocycles. The van der Waals surface area contributed by atoms with Crippen LogP contribution in [0.3, 0.4) is 0 Å².